The molecule has 0 radical (unpaired) electrons. The van der Waals surface area contributed by atoms with Crippen LogP contribution in [0.4, 0.5) is 0 Å². The lowest BCUT2D eigenvalue weighted by Crippen LogP contribution is -2.36. The Balaban J connectivity index is 1.59. The van der Waals surface area contributed by atoms with Crippen molar-refractivity contribution in [3.8, 4) is 23.0 Å². The Morgan fingerprint density at radius 1 is 0.875 bits per heavy atom. The molecule has 0 amide bonds. The van der Waals surface area contributed by atoms with E-state index in [2.05, 4.69) is 5.32 Å². The number of rotatable bonds is 8. The Morgan fingerprint density at radius 3 is 2.27 bits per heavy atom. The van der Waals surface area contributed by atoms with Crippen LogP contribution in [0.2, 0.25) is 0 Å². The standard InChI is InChI=1S/C32H37NO7/c1-18-28(32(35)40-21-9-6-7-10-21)29(22-11-8-12-26(37-3)31(22)39-5)30-23(33-18)15-20(16-24(30)34)19-13-14-25(36-2)27(17-19)38-4/h8,11-14,17,20-21,29,33H,6-7,9-10,15-16H2,1-5H3/t20-,29-/m0/s1. The molecule has 0 unspecified atom stereocenters. The van der Waals surface area contributed by atoms with Crippen LogP contribution in [0.3, 0.4) is 0 Å². The number of hydrogen-bond donors (Lipinski definition) is 1. The van der Waals surface area contributed by atoms with Crippen molar-refractivity contribution >= 4 is 11.8 Å². The van der Waals surface area contributed by atoms with Gasteiger partial charge in [-0.25, -0.2) is 4.79 Å². The van der Waals surface area contributed by atoms with Gasteiger partial charge >= 0.3 is 5.97 Å². The Kier molecular flexibility index (Phi) is 8.05. The van der Waals surface area contributed by atoms with Crippen LogP contribution in [-0.2, 0) is 14.3 Å². The second-order valence-corrected chi connectivity index (χ2v) is 10.5. The summed E-state index contributed by atoms with van der Waals surface area (Å²) < 4.78 is 28.3. The average Bonchev–Trinajstić information content (AvgIpc) is 3.48. The SMILES string of the molecule is COc1ccc([C@@H]2CC(=O)C3=C(C2)NC(C)=C(C(=O)OC2CCCC2)[C@@H]3c2cccc(OC)c2OC)cc1OC. The molecular weight excluding hydrogens is 510 g/mol. The molecule has 8 heteroatoms. The minimum Gasteiger partial charge on any atom is -0.493 e. The lowest BCUT2D eigenvalue weighted by Gasteiger charge is -2.37. The van der Waals surface area contributed by atoms with E-state index in [1.165, 1.54) is 0 Å². The predicted molar refractivity (Wildman–Crippen MR) is 150 cm³/mol. The van der Waals surface area contributed by atoms with Crippen molar-refractivity contribution in [2.24, 2.45) is 0 Å². The summed E-state index contributed by atoms with van der Waals surface area (Å²) >= 11 is 0. The highest BCUT2D eigenvalue weighted by atomic mass is 16.5. The fourth-order valence-electron chi connectivity index (χ4n) is 6.32. The van der Waals surface area contributed by atoms with E-state index in [0.29, 0.717) is 58.2 Å². The second-order valence-electron chi connectivity index (χ2n) is 10.5. The van der Waals surface area contributed by atoms with Crippen molar-refractivity contribution in [2.75, 3.05) is 28.4 Å². The number of benzene rings is 2. The fourth-order valence-corrected chi connectivity index (χ4v) is 6.32. The van der Waals surface area contributed by atoms with Crippen molar-refractivity contribution in [3.05, 3.63) is 70.1 Å². The van der Waals surface area contributed by atoms with Gasteiger partial charge in [0.05, 0.1) is 39.9 Å². The van der Waals surface area contributed by atoms with Gasteiger partial charge in [-0.2, -0.15) is 0 Å². The summed E-state index contributed by atoms with van der Waals surface area (Å²) in [5, 5.41) is 3.43. The first kappa shape index (κ1) is 27.6. The zero-order valence-electron chi connectivity index (χ0n) is 23.8. The van der Waals surface area contributed by atoms with Gasteiger partial charge in [-0.3, -0.25) is 4.79 Å². The number of para-hydroxylation sites is 1. The molecule has 40 heavy (non-hydrogen) atoms. The van der Waals surface area contributed by atoms with Crippen LogP contribution in [0.15, 0.2) is 58.9 Å². The van der Waals surface area contributed by atoms with Gasteiger partial charge in [-0.15, -0.1) is 0 Å². The van der Waals surface area contributed by atoms with Crippen molar-refractivity contribution in [3.63, 3.8) is 0 Å². The Labute approximate surface area is 235 Å². The van der Waals surface area contributed by atoms with E-state index in [4.69, 9.17) is 23.7 Å². The summed E-state index contributed by atoms with van der Waals surface area (Å²) in [7, 11) is 6.34. The van der Waals surface area contributed by atoms with Gasteiger partial charge in [0.25, 0.3) is 0 Å². The summed E-state index contributed by atoms with van der Waals surface area (Å²) in [6.45, 7) is 1.87. The zero-order chi connectivity index (χ0) is 28.4. The molecule has 2 aromatic rings. The number of hydrogen-bond acceptors (Lipinski definition) is 8. The minimum absolute atomic E-state index is 0.0259. The van der Waals surface area contributed by atoms with Crippen LogP contribution in [-0.4, -0.2) is 46.3 Å². The van der Waals surface area contributed by atoms with E-state index >= 15 is 0 Å². The molecule has 1 aliphatic heterocycles. The first-order valence-corrected chi connectivity index (χ1v) is 13.8. The topological polar surface area (TPSA) is 92.3 Å². The fraction of sp³-hybridized carbons (Fsp3) is 0.438. The molecule has 0 aromatic heterocycles. The predicted octanol–water partition coefficient (Wildman–Crippen LogP) is 5.57. The molecule has 212 valence electrons. The molecule has 1 fully saturated rings. The number of ketones is 1. The molecule has 1 saturated carbocycles. The summed E-state index contributed by atoms with van der Waals surface area (Å²) in [5.41, 5.74) is 4.19. The van der Waals surface area contributed by atoms with Gasteiger partial charge in [0.2, 0.25) is 0 Å². The van der Waals surface area contributed by atoms with Crippen LogP contribution in [0.5, 0.6) is 23.0 Å². The number of ether oxygens (including phenoxy) is 5. The smallest absolute Gasteiger partial charge is 0.337 e. The Morgan fingerprint density at radius 2 is 1.60 bits per heavy atom. The summed E-state index contributed by atoms with van der Waals surface area (Å²) in [5.74, 6) is 1.16. The van der Waals surface area contributed by atoms with Crippen LogP contribution in [0.1, 0.15) is 68.4 Å². The second kappa shape index (κ2) is 11.7. The van der Waals surface area contributed by atoms with Gasteiger partial charge in [-0.05, 0) is 68.7 Å². The third kappa shape index (κ3) is 5.03. The van der Waals surface area contributed by atoms with E-state index in [-0.39, 0.29) is 17.8 Å². The molecule has 5 rings (SSSR count). The van der Waals surface area contributed by atoms with Crippen LogP contribution in [0, 0.1) is 0 Å². The summed E-state index contributed by atoms with van der Waals surface area (Å²) in [4.78, 5) is 27.8. The van der Waals surface area contributed by atoms with E-state index < -0.39 is 11.9 Å². The highest BCUT2D eigenvalue weighted by Gasteiger charge is 2.43. The molecule has 1 heterocycles. The van der Waals surface area contributed by atoms with Crippen molar-refractivity contribution in [1.82, 2.24) is 5.32 Å². The normalized spacial score (nSPS) is 21.1. The van der Waals surface area contributed by atoms with Gasteiger partial charge in [0, 0.05) is 29.0 Å². The van der Waals surface area contributed by atoms with Gasteiger partial charge < -0.3 is 29.0 Å². The molecule has 8 nitrogen and oxygen atoms in total. The minimum atomic E-state index is -0.644. The van der Waals surface area contributed by atoms with E-state index in [9.17, 15) is 9.59 Å². The number of carbonyl (C=O) groups excluding carboxylic acids is 2. The number of methoxy groups -OCH3 is 4. The number of esters is 1. The number of dihydropyridines is 1. The number of nitrogens with one attached hydrogen (secondary N) is 1. The van der Waals surface area contributed by atoms with Gasteiger partial charge in [0.1, 0.15) is 6.10 Å². The molecule has 2 atom stereocenters. The van der Waals surface area contributed by atoms with E-state index in [0.717, 1.165) is 36.9 Å². The van der Waals surface area contributed by atoms with Crippen molar-refractivity contribution in [2.45, 2.75) is 63.4 Å². The molecular formula is C32H37NO7. The zero-order valence-corrected chi connectivity index (χ0v) is 23.8. The number of carbonyl (C=O) groups is 2. The van der Waals surface area contributed by atoms with Crippen LogP contribution < -0.4 is 24.3 Å². The maximum atomic E-state index is 14.0. The summed E-state index contributed by atoms with van der Waals surface area (Å²) in [6, 6.07) is 11.3. The lowest BCUT2D eigenvalue weighted by molar-refractivity contribution is -0.144. The molecule has 1 N–H and O–H groups in total. The lowest BCUT2D eigenvalue weighted by atomic mass is 9.71. The first-order valence-electron chi connectivity index (χ1n) is 13.8. The third-order valence-corrected chi connectivity index (χ3v) is 8.25. The number of Topliss-reactive ketones (excluding diaryl/α,β-unsaturated/α-hetero) is 1. The number of allylic oxidation sites excluding steroid dienone is 3. The molecule has 3 aliphatic rings. The molecule has 2 aliphatic carbocycles. The monoisotopic (exact) mass is 547 g/mol. The highest BCUT2D eigenvalue weighted by Crippen LogP contribution is 2.50. The maximum Gasteiger partial charge on any atom is 0.337 e. The van der Waals surface area contributed by atoms with Crippen molar-refractivity contribution in [1.29, 1.82) is 0 Å². The quantitative estimate of drug-likeness (QED) is 0.429. The van der Waals surface area contributed by atoms with Crippen LogP contribution >= 0.6 is 0 Å². The Hall–Kier alpha value is -3.94. The van der Waals surface area contributed by atoms with E-state index in [1.807, 2.05) is 43.3 Å². The van der Waals surface area contributed by atoms with Gasteiger partial charge in [-0.1, -0.05) is 18.2 Å². The average molecular weight is 548 g/mol. The molecule has 0 saturated heterocycles. The van der Waals surface area contributed by atoms with Crippen LogP contribution in [0.25, 0.3) is 0 Å². The Bertz CT molecular complexity index is 1370. The first-order chi connectivity index (χ1) is 19.4. The van der Waals surface area contributed by atoms with Crippen molar-refractivity contribution < 1.29 is 33.3 Å². The maximum absolute atomic E-state index is 14.0. The molecule has 0 bridgehead atoms. The highest BCUT2D eigenvalue weighted by molar-refractivity contribution is 6.04. The molecule has 0 spiro atoms. The molecule has 2 aromatic carbocycles. The summed E-state index contributed by atoms with van der Waals surface area (Å²) in [6.07, 6.45) is 4.61. The van der Waals surface area contributed by atoms with Gasteiger partial charge in [0.15, 0.2) is 28.8 Å². The largest absolute Gasteiger partial charge is 0.493 e. The third-order valence-electron chi connectivity index (χ3n) is 8.25. The van der Waals surface area contributed by atoms with E-state index in [1.54, 1.807) is 28.4 Å².